The van der Waals surface area contributed by atoms with E-state index in [2.05, 4.69) is 16.0 Å². The van der Waals surface area contributed by atoms with Gasteiger partial charge in [0.25, 0.3) is 0 Å². The van der Waals surface area contributed by atoms with E-state index >= 15 is 0 Å². The van der Waals surface area contributed by atoms with Crippen molar-refractivity contribution in [3.05, 3.63) is 35.9 Å². The molecular formula is C22H36N4O4. The molecule has 8 nitrogen and oxygen atoms in total. The van der Waals surface area contributed by atoms with Gasteiger partial charge in [0.05, 0.1) is 6.04 Å². The molecule has 1 rings (SSSR count). The second-order valence-electron chi connectivity index (χ2n) is 8.65. The molecule has 3 atom stereocenters. The molecule has 0 heterocycles. The van der Waals surface area contributed by atoms with E-state index in [0.717, 1.165) is 5.56 Å². The zero-order valence-corrected chi connectivity index (χ0v) is 18.8. The lowest BCUT2D eigenvalue weighted by molar-refractivity contribution is -0.131. The van der Waals surface area contributed by atoms with Crippen LogP contribution in [0.5, 0.6) is 0 Å². The van der Waals surface area contributed by atoms with Gasteiger partial charge in [0.2, 0.25) is 11.8 Å². The van der Waals surface area contributed by atoms with Crippen LogP contribution in [-0.4, -0.2) is 42.1 Å². The molecule has 168 valence electrons. The molecule has 8 heteroatoms. The highest BCUT2D eigenvalue weighted by Gasteiger charge is 2.29. The summed E-state index contributed by atoms with van der Waals surface area (Å²) >= 11 is 0. The SMILES string of the molecule is CC(C)[C@H](NC(=O)[C@H](C)NC(=O)OC(C)(C)C)C(=O)N[C@@H](CCN)c1ccccc1. The molecule has 0 saturated carbocycles. The highest BCUT2D eigenvalue weighted by molar-refractivity contribution is 5.91. The molecule has 3 amide bonds. The molecule has 0 fully saturated rings. The number of rotatable bonds is 9. The molecule has 0 aromatic heterocycles. The maximum Gasteiger partial charge on any atom is 0.408 e. The Kier molecular flexibility index (Phi) is 9.78. The average Bonchev–Trinajstić information content (AvgIpc) is 2.64. The number of hydrogen-bond acceptors (Lipinski definition) is 5. The first-order chi connectivity index (χ1) is 13.9. The van der Waals surface area contributed by atoms with E-state index in [1.165, 1.54) is 6.92 Å². The monoisotopic (exact) mass is 420 g/mol. The zero-order valence-electron chi connectivity index (χ0n) is 18.8. The predicted molar refractivity (Wildman–Crippen MR) is 117 cm³/mol. The molecule has 0 aliphatic heterocycles. The summed E-state index contributed by atoms with van der Waals surface area (Å²) in [5, 5.41) is 8.20. The van der Waals surface area contributed by atoms with Crippen LogP contribution in [0.4, 0.5) is 4.79 Å². The molecule has 0 spiro atoms. The Morgan fingerprint density at radius 1 is 0.967 bits per heavy atom. The fraction of sp³-hybridized carbons (Fsp3) is 0.591. The molecule has 1 aromatic rings. The van der Waals surface area contributed by atoms with Crippen molar-refractivity contribution in [2.24, 2.45) is 11.7 Å². The largest absolute Gasteiger partial charge is 0.444 e. The van der Waals surface area contributed by atoms with Crippen LogP contribution in [0.3, 0.4) is 0 Å². The van der Waals surface area contributed by atoms with E-state index in [9.17, 15) is 14.4 Å². The number of nitrogens with one attached hydrogen (secondary N) is 3. The topological polar surface area (TPSA) is 123 Å². The standard InChI is InChI=1S/C22H36N4O4/c1-14(2)18(26-19(27)15(3)24-21(29)30-22(4,5)6)20(28)25-17(12-13-23)16-10-8-7-9-11-16/h7-11,14-15,17-18H,12-13,23H2,1-6H3,(H,24,29)(H,25,28)(H,26,27)/t15-,17-,18-/m0/s1. The van der Waals surface area contributed by atoms with Gasteiger partial charge >= 0.3 is 6.09 Å². The molecule has 0 unspecified atom stereocenters. The number of amides is 3. The smallest absolute Gasteiger partial charge is 0.408 e. The van der Waals surface area contributed by atoms with Crippen molar-refractivity contribution < 1.29 is 19.1 Å². The predicted octanol–water partition coefficient (Wildman–Crippen LogP) is 2.25. The molecule has 0 bridgehead atoms. The van der Waals surface area contributed by atoms with Crippen molar-refractivity contribution in [2.75, 3.05) is 6.54 Å². The van der Waals surface area contributed by atoms with E-state index in [0.29, 0.717) is 13.0 Å². The second-order valence-corrected chi connectivity index (χ2v) is 8.65. The number of ether oxygens (including phenoxy) is 1. The van der Waals surface area contributed by atoms with Crippen molar-refractivity contribution in [3.8, 4) is 0 Å². The Morgan fingerprint density at radius 2 is 1.57 bits per heavy atom. The van der Waals surface area contributed by atoms with Gasteiger partial charge in [0, 0.05) is 0 Å². The van der Waals surface area contributed by atoms with Gasteiger partial charge in [-0.2, -0.15) is 0 Å². The number of alkyl carbamates (subject to hydrolysis) is 1. The van der Waals surface area contributed by atoms with E-state index < -0.39 is 29.7 Å². The normalized spacial score (nSPS) is 14.4. The number of carbonyl (C=O) groups is 3. The summed E-state index contributed by atoms with van der Waals surface area (Å²) in [6.07, 6.45) is -0.117. The van der Waals surface area contributed by atoms with Gasteiger partial charge in [-0.3, -0.25) is 9.59 Å². The molecular weight excluding hydrogens is 384 g/mol. The summed E-state index contributed by atoms with van der Waals surface area (Å²) in [4.78, 5) is 37.4. The maximum atomic E-state index is 12.9. The maximum absolute atomic E-state index is 12.9. The first-order valence-electron chi connectivity index (χ1n) is 10.3. The number of benzene rings is 1. The summed E-state index contributed by atoms with van der Waals surface area (Å²) in [5.74, 6) is -0.924. The van der Waals surface area contributed by atoms with Crippen molar-refractivity contribution in [1.29, 1.82) is 0 Å². The highest BCUT2D eigenvalue weighted by atomic mass is 16.6. The third kappa shape index (κ3) is 8.82. The second kappa shape index (κ2) is 11.5. The lowest BCUT2D eigenvalue weighted by atomic mass is 9.99. The van der Waals surface area contributed by atoms with Gasteiger partial charge in [-0.25, -0.2) is 4.79 Å². The minimum absolute atomic E-state index is 0.156. The lowest BCUT2D eigenvalue weighted by Gasteiger charge is -2.27. The summed E-state index contributed by atoms with van der Waals surface area (Å²) in [7, 11) is 0. The number of hydrogen-bond donors (Lipinski definition) is 4. The van der Waals surface area contributed by atoms with Gasteiger partial charge in [0.1, 0.15) is 17.7 Å². The Labute approximate surface area is 179 Å². The minimum Gasteiger partial charge on any atom is -0.444 e. The van der Waals surface area contributed by atoms with Crippen molar-refractivity contribution in [1.82, 2.24) is 16.0 Å². The Bertz CT molecular complexity index is 701. The molecule has 0 aliphatic rings. The van der Waals surface area contributed by atoms with Gasteiger partial charge in [-0.15, -0.1) is 0 Å². The van der Waals surface area contributed by atoms with E-state index in [1.54, 1.807) is 20.8 Å². The Morgan fingerprint density at radius 3 is 2.07 bits per heavy atom. The zero-order chi connectivity index (χ0) is 22.9. The summed E-state index contributed by atoms with van der Waals surface area (Å²) < 4.78 is 5.17. The first kappa shape index (κ1) is 25.4. The highest BCUT2D eigenvalue weighted by Crippen LogP contribution is 2.17. The van der Waals surface area contributed by atoms with E-state index in [4.69, 9.17) is 10.5 Å². The Hall–Kier alpha value is -2.61. The Balaban J connectivity index is 2.79. The van der Waals surface area contributed by atoms with Crippen LogP contribution < -0.4 is 21.7 Å². The van der Waals surface area contributed by atoms with Crippen LogP contribution in [-0.2, 0) is 14.3 Å². The molecule has 30 heavy (non-hydrogen) atoms. The molecule has 1 aromatic carbocycles. The lowest BCUT2D eigenvalue weighted by Crippen LogP contribution is -2.55. The van der Waals surface area contributed by atoms with Crippen LogP contribution in [0.15, 0.2) is 30.3 Å². The third-order valence-corrected chi connectivity index (χ3v) is 4.35. The summed E-state index contributed by atoms with van der Waals surface area (Å²) in [6.45, 7) is 10.8. The number of carbonyl (C=O) groups excluding carboxylic acids is 3. The van der Waals surface area contributed by atoms with Gasteiger partial charge in [-0.05, 0) is 52.1 Å². The molecule has 0 aliphatic carbocycles. The van der Waals surface area contributed by atoms with E-state index in [1.807, 2.05) is 44.2 Å². The summed E-state index contributed by atoms with van der Waals surface area (Å²) in [6, 6.07) is 7.69. The fourth-order valence-corrected chi connectivity index (χ4v) is 2.80. The van der Waals surface area contributed by atoms with Crippen LogP contribution in [0.2, 0.25) is 0 Å². The molecule has 5 N–H and O–H groups in total. The van der Waals surface area contributed by atoms with E-state index in [-0.39, 0.29) is 17.9 Å². The molecule has 0 radical (unpaired) electrons. The van der Waals surface area contributed by atoms with Gasteiger partial charge in [-0.1, -0.05) is 44.2 Å². The van der Waals surface area contributed by atoms with Crippen LogP contribution in [0.25, 0.3) is 0 Å². The van der Waals surface area contributed by atoms with Crippen molar-refractivity contribution in [2.45, 2.75) is 71.7 Å². The van der Waals surface area contributed by atoms with Crippen molar-refractivity contribution in [3.63, 3.8) is 0 Å². The van der Waals surface area contributed by atoms with Crippen LogP contribution in [0.1, 0.15) is 59.6 Å². The molecule has 0 saturated heterocycles. The van der Waals surface area contributed by atoms with Gasteiger partial charge in [0.15, 0.2) is 0 Å². The van der Waals surface area contributed by atoms with Crippen LogP contribution in [0, 0.1) is 5.92 Å². The third-order valence-electron chi connectivity index (χ3n) is 4.35. The fourth-order valence-electron chi connectivity index (χ4n) is 2.80. The van der Waals surface area contributed by atoms with Crippen LogP contribution >= 0.6 is 0 Å². The summed E-state index contributed by atoms with van der Waals surface area (Å²) in [5.41, 5.74) is 5.99. The van der Waals surface area contributed by atoms with Gasteiger partial charge < -0.3 is 26.4 Å². The van der Waals surface area contributed by atoms with Crippen molar-refractivity contribution >= 4 is 17.9 Å². The first-order valence-corrected chi connectivity index (χ1v) is 10.3. The minimum atomic E-state index is -0.858. The number of nitrogens with two attached hydrogens (primary N) is 1. The average molecular weight is 421 g/mol. The quantitative estimate of drug-likeness (QED) is 0.488.